The molecule has 25 heavy (non-hydrogen) atoms. The lowest BCUT2D eigenvalue weighted by Gasteiger charge is -2.34. The van der Waals surface area contributed by atoms with Crippen molar-refractivity contribution in [1.29, 1.82) is 0 Å². The normalized spacial score (nSPS) is 19.2. The van der Waals surface area contributed by atoms with Crippen LogP contribution in [0, 0.1) is 0 Å². The first-order chi connectivity index (χ1) is 12.4. The van der Waals surface area contributed by atoms with Crippen LogP contribution in [0.25, 0.3) is 0 Å². The lowest BCUT2D eigenvalue weighted by atomic mass is 10.3. The topological polar surface area (TPSA) is 70.5 Å². The third-order valence-corrected chi connectivity index (χ3v) is 4.59. The molecule has 0 spiro atoms. The molecule has 0 aromatic carbocycles. The van der Waals surface area contributed by atoms with Gasteiger partial charge in [0.05, 0.1) is 18.9 Å². The van der Waals surface area contributed by atoms with Crippen LogP contribution in [-0.2, 0) is 11.3 Å². The van der Waals surface area contributed by atoms with E-state index in [1.54, 1.807) is 12.4 Å². The van der Waals surface area contributed by atoms with Gasteiger partial charge >= 0.3 is 0 Å². The highest BCUT2D eigenvalue weighted by atomic mass is 16.5. The number of anilines is 2. The Kier molecular flexibility index (Phi) is 4.98. The van der Waals surface area contributed by atoms with E-state index in [2.05, 4.69) is 29.7 Å². The standard InChI is InChI=1S/C17H23N7O/c1-3-18-16(19-4-1)23-8-6-22(7-9-23)14-15-2-5-20-17(21-15)24-10-12-25-13-11-24/h1-5H,6-14H2. The van der Waals surface area contributed by atoms with E-state index >= 15 is 0 Å². The van der Waals surface area contributed by atoms with Crippen molar-refractivity contribution in [3.8, 4) is 0 Å². The molecule has 2 fully saturated rings. The molecule has 4 heterocycles. The Bertz CT molecular complexity index is 670. The van der Waals surface area contributed by atoms with Gasteiger partial charge in [0.1, 0.15) is 0 Å². The summed E-state index contributed by atoms with van der Waals surface area (Å²) in [6, 6.07) is 3.86. The van der Waals surface area contributed by atoms with Gasteiger partial charge in [0.25, 0.3) is 0 Å². The Morgan fingerprint density at radius 1 is 0.800 bits per heavy atom. The summed E-state index contributed by atoms with van der Waals surface area (Å²) < 4.78 is 5.40. The summed E-state index contributed by atoms with van der Waals surface area (Å²) in [5, 5.41) is 0. The van der Waals surface area contributed by atoms with Crippen LogP contribution in [0.3, 0.4) is 0 Å². The fraction of sp³-hybridized carbons (Fsp3) is 0.529. The molecule has 0 amide bonds. The monoisotopic (exact) mass is 341 g/mol. The van der Waals surface area contributed by atoms with Crippen molar-refractivity contribution in [1.82, 2.24) is 24.8 Å². The van der Waals surface area contributed by atoms with Gasteiger partial charge in [-0.25, -0.2) is 19.9 Å². The van der Waals surface area contributed by atoms with Gasteiger partial charge in [-0.1, -0.05) is 0 Å². The number of aromatic nitrogens is 4. The molecule has 2 aliphatic heterocycles. The number of hydrogen-bond donors (Lipinski definition) is 0. The lowest BCUT2D eigenvalue weighted by molar-refractivity contribution is 0.122. The molecule has 8 nitrogen and oxygen atoms in total. The Labute approximate surface area is 147 Å². The molecular weight excluding hydrogens is 318 g/mol. The van der Waals surface area contributed by atoms with Crippen LogP contribution < -0.4 is 9.80 Å². The van der Waals surface area contributed by atoms with Gasteiger partial charge in [0, 0.05) is 64.4 Å². The third kappa shape index (κ3) is 4.02. The van der Waals surface area contributed by atoms with Crippen molar-refractivity contribution in [2.45, 2.75) is 6.54 Å². The zero-order valence-corrected chi connectivity index (χ0v) is 14.3. The van der Waals surface area contributed by atoms with Crippen LogP contribution in [0.5, 0.6) is 0 Å². The Hall–Kier alpha value is -2.32. The van der Waals surface area contributed by atoms with E-state index in [9.17, 15) is 0 Å². The van der Waals surface area contributed by atoms with Crippen molar-refractivity contribution in [2.24, 2.45) is 0 Å². The smallest absolute Gasteiger partial charge is 0.225 e. The third-order valence-electron chi connectivity index (χ3n) is 4.59. The van der Waals surface area contributed by atoms with E-state index in [4.69, 9.17) is 9.72 Å². The van der Waals surface area contributed by atoms with Gasteiger partial charge in [-0.15, -0.1) is 0 Å². The van der Waals surface area contributed by atoms with E-state index in [0.29, 0.717) is 0 Å². The number of hydrogen-bond acceptors (Lipinski definition) is 8. The molecule has 0 aliphatic carbocycles. The largest absolute Gasteiger partial charge is 0.378 e. The number of piperazine rings is 1. The van der Waals surface area contributed by atoms with Crippen LogP contribution in [0.4, 0.5) is 11.9 Å². The van der Waals surface area contributed by atoms with Gasteiger partial charge in [-0.3, -0.25) is 4.90 Å². The predicted octanol–water partition coefficient (Wildman–Crippen LogP) is 0.425. The van der Waals surface area contributed by atoms with Crippen LogP contribution in [0.1, 0.15) is 5.69 Å². The molecule has 2 saturated heterocycles. The minimum Gasteiger partial charge on any atom is -0.378 e. The van der Waals surface area contributed by atoms with Crippen molar-refractivity contribution in [2.75, 3.05) is 62.3 Å². The highest BCUT2D eigenvalue weighted by Gasteiger charge is 2.20. The first-order valence-corrected chi connectivity index (χ1v) is 8.77. The highest BCUT2D eigenvalue weighted by Crippen LogP contribution is 2.14. The second-order valence-corrected chi connectivity index (χ2v) is 6.26. The Morgan fingerprint density at radius 3 is 2.24 bits per heavy atom. The summed E-state index contributed by atoms with van der Waals surface area (Å²) in [4.78, 5) is 24.7. The molecule has 2 aromatic rings. The van der Waals surface area contributed by atoms with Crippen molar-refractivity contribution < 1.29 is 4.74 Å². The Balaban J connectivity index is 1.34. The van der Waals surface area contributed by atoms with Crippen molar-refractivity contribution in [3.63, 3.8) is 0 Å². The van der Waals surface area contributed by atoms with Gasteiger partial charge in [-0.2, -0.15) is 0 Å². The van der Waals surface area contributed by atoms with Crippen LogP contribution in [0.15, 0.2) is 30.7 Å². The molecular formula is C17H23N7O. The zero-order valence-electron chi connectivity index (χ0n) is 14.3. The fourth-order valence-corrected chi connectivity index (χ4v) is 3.18. The summed E-state index contributed by atoms with van der Waals surface area (Å²) in [6.45, 7) is 7.90. The quantitative estimate of drug-likeness (QED) is 0.793. The first kappa shape index (κ1) is 16.2. The maximum absolute atomic E-state index is 5.40. The summed E-state index contributed by atoms with van der Waals surface area (Å²) in [5.41, 5.74) is 1.07. The van der Waals surface area contributed by atoms with Crippen molar-refractivity contribution in [3.05, 3.63) is 36.4 Å². The average Bonchev–Trinajstić information content (AvgIpc) is 2.70. The van der Waals surface area contributed by atoms with Crippen molar-refractivity contribution >= 4 is 11.9 Å². The Morgan fingerprint density at radius 2 is 1.48 bits per heavy atom. The molecule has 4 rings (SSSR count). The van der Waals surface area contributed by atoms with Crippen LogP contribution in [-0.4, -0.2) is 77.3 Å². The number of nitrogens with zero attached hydrogens (tertiary/aromatic N) is 7. The zero-order chi connectivity index (χ0) is 16.9. The first-order valence-electron chi connectivity index (χ1n) is 8.77. The fourth-order valence-electron chi connectivity index (χ4n) is 3.18. The summed E-state index contributed by atoms with van der Waals surface area (Å²) in [6.07, 6.45) is 5.45. The van der Waals surface area contributed by atoms with E-state index in [1.807, 2.05) is 18.3 Å². The molecule has 2 aliphatic rings. The van der Waals surface area contributed by atoms with Crippen LogP contribution in [0.2, 0.25) is 0 Å². The summed E-state index contributed by atoms with van der Waals surface area (Å²) in [5.74, 6) is 1.64. The van der Waals surface area contributed by atoms with E-state index < -0.39 is 0 Å². The van der Waals surface area contributed by atoms with Gasteiger partial charge in [-0.05, 0) is 12.1 Å². The number of rotatable bonds is 4. The van der Waals surface area contributed by atoms with E-state index in [-0.39, 0.29) is 0 Å². The second kappa shape index (κ2) is 7.71. The van der Waals surface area contributed by atoms with Crippen LogP contribution >= 0.6 is 0 Å². The molecule has 0 N–H and O–H groups in total. The lowest BCUT2D eigenvalue weighted by Crippen LogP contribution is -2.46. The maximum atomic E-state index is 5.40. The molecule has 132 valence electrons. The summed E-state index contributed by atoms with van der Waals surface area (Å²) >= 11 is 0. The molecule has 0 saturated carbocycles. The summed E-state index contributed by atoms with van der Waals surface area (Å²) in [7, 11) is 0. The molecule has 0 atom stereocenters. The van der Waals surface area contributed by atoms with Gasteiger partial charge < -0.3 is 14.5 Å². The minimum atomic E-state index is 0.747. The van der Waals surface area contributed by atoms with E-state index in [1.165, 1.54) is 0 Å². The number of ether oxygens (including phenoxy) is 1. The number of morpholine rings is 1. The average molecular weight is 341 g/mol. The maximum Gasteiger partial charge on any atom is 0.225 e. The van der Waals surface area contributed by atoms with Gasteiger partial charge in [0.2, 0.25) is 11.9 Å². The molecule has 0 unspecified atom stereocenters. The molecule has 0 bridgehead atoms. The molecule has 2 aromatic heterocycles. The highest BCUT2D eigenvalue weighted by molar-refractivity contribution is 5.31. The SMILES string of the molecule is c1cnc(N2CCN(Cc3ccnc(N4CCOCC4)n3)CC2)nc1. The predicted molar refractivity (Wildman–Crippen MR) is 94.6 cm³/mol. The molecule has 8 heteroatoms. The second-order valence-electron chi connectivity index (χ2n) is 6.26. The minimum absolute atomic E-state index is 0.747. The van der Waals surface area contributed by atoms with Gasteiger partial charge in [0.15, 0.2) is 0 Å². The molecule has 0 radical (unpaired) electrons. The van der Waals surface area contributed by atoms with E-state index in [0.717, 1.165) is 76.6 Å².